The Hall–Kier alpha value is -0.610. The van der Waals surface area contributed by atoms with Gasteiger partial charge in [0.1, 0.15) is 0 Å². The number of rotatable bonds is 12. The highest BCUT2D eigenvalue weighted by molar-refractivity contribution is 5.75. The van der Waals surface area contributed by atoms with Crippen LogP contribution in [-0.4, -0.2) is 62.5 Å². The van der Waals surface area contributed by atoms with E-state index >= 15 is 0 Å². The van der Waals surface area contributed by atoms with Crippen LogP contribution in [0.4, 0.5) is 0 Å². The second-order valence-electron chi connectivity index (χ2n) is 8.88. The van der Waals surface area contributed by atoms with Gasteiger partial charge in [-0.1, -0.05) is 20.8 Å². The van der Waals surface area contributed by atoms with Gasteiger partial charge in [-0.3, -0.25) is 4.79 Å². The molecule has 1 aliphatic heterocycles. The summed E-state index contributed by atoms with van der Waals surface area (Å²) in [5.41, 5.74) is 0. The summed E-state index contributed by atoms with van der Waals surface area (Å²) in [6.07, 6.45) is 8.01. The third-order valence-electron chi connectivity index (χ3n) is 5.28. The molecule has 4 heteroatoms. The maximum absolute atomic E-state index is 11.9. The number of nitrogens with zero attached hydrogens (tertiary/aromatic N) is 2. The molecule has 1 fully saturated rings. The van der Waals surface area contributed by atoms with E-state index in [2.05, 4.69) is 50.0 Å². The lowest BCUT2D eigenvalue weighted by atomic mass is 9.87. The lowest BCUT2D eigenvalue weighted by Gasteiger charge is -2.33. The number of nitrogens with one attached hydrogen (secondary N) is 1. The molecular weight excluding hydrogens is 310 g/mol. The fraction of sp³-hybridized carbons (Fsp3) is 0.952. The average molecular weight is 354 g/mol. The molecule has 1 N–H and O–H groups in total. The van der Waals surface area contributed by atoms with E-state index in [0.29, 0.717) is 6.42 Å². The minimum absolute atomic E-state index is 0.233. The van der Waals surface area contributed by atoms with Crippen LogP contribution in [0.15, 0.2) is 0 Å². The van der Waals surface area contributed by atoms with E-state index in [0.717, 1.165) is 43.7 Å². The van der Waals surface area contributed by atoms with Crippen LogP contribution in [0, 0.1) is 17.8 Å². The van der Waals surface area contributed by atoms with Crippen LogP contribution >= 0.6 is 0 Å². The molecule has 0 radical (unpaired) electrons. The molecule has 1 aliphatic rings. The van der Waals surface area contributed by atoms with Crippen LogP contribution in [0.5, 0.6) is 0 Å². The third kappa shape index (κ3) is 11.6. The van der Waals surface area contributed by atoms with Crippen LogP contribution in [0.25, 0.3) is 0 Å². The zero-order chi connectivity index (χ0) is 18.7. The van der Waals surface area contributed by atoms with Crippen molar-refractivity contribution in [3.8, 4) is 0 Å². The van der Waals surface area contributed by atoms with Crippen molar-refractivity contribution >= 4 is 5.91 Å². The molecule has 0 saturated carbocycles. The summed E-state index contributed by atoms with van der Waals surface area (Å²) in [6, 6.07) is 0. The van der Waals surface area contributed by atoms with Crippen molar-refractivity contribution in [3.63, 3.8) is 0 Å². The number of carbonyl (C=O) groups is 1. The topological polar surface area (TPSA) is 35.6 Å². The number of piperidine rings is 1. The zero-order valence-electron chi connectivity index (χ0n) is 17.5. The van der Waals surface area contributed by atoms with E-state index in [4.69, 9.17) is 0 Å². The summed E-state index contributed by atoms with van der Waals surface area (Å²) < 4.78 is 0. The SMILES string of the molecule is CC(C)CCCNC(=O)CCCN1CCC(CC(C)CN(C)C)CC1. The first kappa shape index (κ1) is 22.4. The summed E-state index contributed by atoms with van der Waals surface area (Å²) in [5.74, 6) is 2.66. The molecule has 0 aromatic carbocycles. The highest BCUT2D eigenvalue weighted by Gasteiger charge is 2.21. The summed E-state index contributed by atoms with van der Waals surface area (Å²) in [7, 11) is 4.33. The maximum Gasteiger partial charge on any atom is 0.220 e. The normalized spacial score (nSPS) is 18.0. The number of likely N-dealkylation sites (tertiary alicyclic amines) is 1. The second-order valence-corrected chi connectivity index (χ2v) is 8.88. The highest BCUT2D eigenvalue weighted by Crippen LogP contribution is 2.24. The van der Waals surface area contributed by atoms with Crippen LogP contribution in [0.3, 0.4) is 0 Å². The van der Waals surface area contributed by atoms with Gasteiger partial charge < -0.3 is 15.1 Å². The fourth-order valence-electron chi connectivity index (χ4n) is 4.00. The first-order valence-corrected chi connectivity index (χ1v) is 10.5. The Bertz CT molecular complexity index is 349. The van der Waals surface area contributed by atoms with Crippen molar-refractivity contribution in [2.75, 3.05) is 46.8 Å². The van der Waals surface area contributed by atoms with Crippen molar-refractivity contribution in [1.82, 2.24) is 15.1 Å². The lowest BCUT2D eigenvalue weighted by Crippen LogP contribution is -2.36. The number of carbonyl (C=O) groups excluding carboxylic acids is 1. The minimum Gasteiger partial charge on any atom is -0.356 e. The minimum atomic E-state index is 0.233. The van der Waals surface area contributed by atoms with Gasteiger partial charge in [-0.2, -0.15) is 0 Å². The first-order chi connectivity index (χ1) is 11.9. The van der Waals surface area contributed by atoms with Gasteiger partial charge in [0.15, 0.2) is 0 Å². The third-order valence-corrected chi connectivity index (χ3v) is 5.28. The van der Waals surface area contributed by atoms with Gasteiger partial charge in [-0.25, -0.2) is 0 Å². The molecule has 1 unspecified atom stereocenters. The molecule has 1 saturated heterocycles. The van der Waals surface area contributed by atoms with Gasteiger partial charge in [0.25, 0.3) is 0 Å². The molecule has 0 aliphatic carbocycles. The Labute approximate surface area is 156 Å². The molecule has 25 heavy (non-hydrogen) atoms. The fourth-order valence-corrected chi connectivity index (χ4v) is 4.00. The van der Waals surface area contributed by atoms with Gasteiger partial charge in [-0.05, 0) is 90.0 Å². The second kappa shape index (κ2) is 12.7. The Morgan fingerprint density at radius 3 is 2.44 bits per heavy atom. The van der Waals surface area contributed by atoms with Gasteiger partial charge in [0.2, 0.25) is 5.91 Å². The van der Waals surface area contributed by atoms with Gasteiger partial charge in [0, 0.05) is 19.5 Å². The molecule has 0 aromatic heterocycles. The Kier molecular flexibility index (Phi) is 11.4. The van der Waals surface area contributed by atoms with Crippen molar-refractivity contribution in [2.24, 2.45) is 17.8 Å². The van der Waals surface area contributed by atoms with E-state index in [-0.39, 0.29) is 5.91 Å². The van der Waals surface area contributed by atoms with Gasteiger partial charge in [0.05, 0.1) is 0 Å². The van der Waals surface area contributed by atoms with Crippen molar-refractivity contribution in [3.05, 3.63) is 0 Å². The van der Waals surface area contributed by atoms with E-state index in [9.17, 15) is 4.79 Å². The molecule has 1 amide bonds. The number of hydrogen-bond acceptors (Lipinski definition) is 3. The Morgan fingerprint density at radius 1 is 1.16 bits per heavy atom. The quantitative estimate of drug-likeness (QED) is 0.544. The lowest BCUT2D eigenvalue weighted by molar-refractivity contribution is -0.121. The van der Waals surface area contributed by atoms with Gasteiger partial charge in [-0.15, -0.1) is 0 Å². The number of amides is 1. The average Bonchev–Trinajstić information content (AvgIpc) is 2.52. The van der Waals surface area contributed by atoms with E-state index in [1.807, 2.05) is 0 Å². The van der Waals surface area contributed by atoms with Crippen LogP contribution < -0.4 is 5.32 Å². The molecular formula is C21H43N3O. The smallest absolute Gasteiger partial charge is 0.220 e. The molecule has 1 atom stereocenters. The molecule has 0 aromatic rings. The molecule has 148 valence electrons. The van der Waals surface area contributed by atoms with E-state index in [1.54, 1.807) is 0 Å². The summed E-state index contributed by atoms with van der Waals surface area (Å²) in [4.78, 5) is 16.7. The largest absolute Gasteiger partial charge is 0.356 e. The summed E-state index contributed by atoms with van der Waals surface area (Å²) in [6.45, 7) is 12.4. The predicted molar refractivity (Wildman–Crippen MR) is 108 cm³/mol. The molecule has 0 spiro atoms. The zero-order valence-corrected chi connectivity index (χ0v) is 17.5. The van der Waals surface area contributed by atoms with Gasteiger partial charge >= 0.3 is 0 Å². The summed E-state index contributed by atoms with van der Waals surface area (Å²) >= 11 is 0. The first-order valence-electron chi connectivity index (χ1n) is 10.5. The molecule has 1 rings (SSSR count). The van der Waals surface area contributed by atoms with Crippen molar-refractivity contribution in [2.45, 2.75) is 65.7 Å². The maximum atomic E-state index is 11.9. The monoisotopic (exact) mass is 353 g/mol. The van der Waals surface area contributed by atoms with E-state index in [1.165, 1.54) is 45.3 Å². The number of hydrogen-bond donors (Lipinski definition) is 1. The molecule has 4 nitrogen and oxygen atoms in total. The Balaban J connectivity index is 2.04. The molecule has 1 heterocycles. The van der Waals surface area contributed by atoms with Crippen molar-refractivity contribution in [1.29, 1.82) is 0 Å². The van der Waals surface area contributed by atoms with Crippen LogP contribution in [-0.2, 0) is 4.79 Å². The van der Waals surface area contributed by atoms with E-state index < -0.39 is 0 Å². The van der Waals surface area contributed by atoms with Crippen molar-refractivity contribution < 1.29 is 4.79 Å². The Morgan fingerprint density at radius 2 is 1.84 bits per heavy atom. The van der Waals surface area contributed by atoms with Crippen LogP contribution in [0.1, 0.15) is 65.7 Å². The standard InChI is InChI=1S/C21H43N3O/c1-18(2)8-6-12-22-21(25)9-7-13-24-14-10-20(11-15-24)16-19(3)17-23(4)5/h18-20H,6-17H2,1-5H3,(H,22,25). The summed E-state index contributed by atoms with van der Waals surface area (Å²) in [5, 5.41) is 3.06. The highest BCUT2D eigenvalue weighted by atomic mass is 16.1. The molecule has 0 bridgehead atoms. The van der Waals surface area contributed by atoms with Crippen LogP contribution in [0.2, 0.25) is 0 Å². The predicted octanol–water partition coefficient (Wildman–Crippen LogP) is 3.62.